The lowest BCUT2D eigenvalue weighted by Crippen LogP contribution is -2.20. The highest BCUT2D eigenvalue weighted by Gasteiger charge is 2.24. The molecule has 0 saturated carbocycles. The Balaban J connectivity index is 1.79. The number of anilines is 1. The molecular weight excluding hydrogens is 341 g/mol. The highest BCUT2D eigenvalue weighted by Crippen LogP contribution is 2.39. The number of nitrogens with zero attached hydrogens (tertiary/aromatic N) is 4. The van der Waals surface area contributed by atoms with Gasteiger partial charge in [0, 0.05) is 36.6 Å². The minimum Gasteiger partial charge on any atom is -0.356 e. The number of aromatic nitrogens is 4. The van der Waals surface area contributed by atoms with Crippen molar-refractivity contribution in [2.75, 3.05) is 18.0 Å². The number of fused-ring (bicyclic) bond motifs is 1. The van der Waals surface area contributed by atoms with Crippen LogP contribution in [-0.2, 0) is 0 Å². The second-order valence-corrected chi connectivity index (χ2v) is 6.71. The zero-order chi connectivity index (χ0) is 18.2. The monoisotopic (exact) mass is 359 g/mol. The molecule has 5 rings (SSSR count). The molecule has 0 radical (unpaired) electrons. The molecule has 27 heavy (non-hydrogen) atoms. The highest BCUT2D eigenvalue weighted by molar-refractivity contribution is 5.91. The van der Waals surface area contributed by atoms with Gasteiger partial charge in [0.15, 0.2) is 0 Å². The number of aromatic amines is 1. The predicted molar refractivity (Wildman–Crippen MR) is 104 cm³/mol. The molecule has 1 aliphatic heterocycles. The molecule has 1 N–H and O–H groups in total. The molecule has 1 saturated heterocycles. The van der Waals surface area contributed by atoms with Gasteiger partial charge >= 0.3 is 0 Å². The van der Waals surface area contributed by atoms with Gasteiger partial charge in [0.2, 0.25) is 0 Å². The van der Waals surface area contributed by atoms with Crippen molar-refractivity contribution in [1.82, 2.24) is 19.9 Å². The van der Waals surface area contributed by atoms with Crippen molar-refractivity contribution < 1.29 is 4.39 Å². The molecule has 4 heterocycles. The molecule has 0 bridgehead atoms. The molecule has 134 valence electrons. The lowest BCUT2D eigenvalue weighted by Gasteiger charge is -2.21. The minimum atomic E-state index is -0.255. The quantitative estimate of drug-likeness (QED) is 0.588. The van der Waals surface area contributed by atoms with E-state index in [0.29, 0.717) is 11.4 Å². The summed E-state index contributed by atoms with van der Waals surface area (Å²) in [6, 6.07) is 10.6. The first-order valence-electron chi connectivity index (χ1n) is 9.10. The van der Waals surface area contributed by atoms with Crippen LogP contribution >= 0.6 is 0 Å². The number of hydrogen-bond acceptors (Lipinski definition) is 4. The van der Waals surface area contributed by atoms with Crippen LogP contribution in [0, 0.1) is 5.82 Å². The summed E-state index contributed by atoms with van der Waals surface area (Å²) in [5.74, 6) is 1.28. The molecule has 3 aromatic heterocycles. The first-order valence-corrected chi connectivity index (χ1v) is 9.10. The van der Waals surface area contributed by atoms with Crippen molar-refractivity contribution in [3.05, 3.63) is 60.8 Å². The van der Waals surface area contributed by atoms with Gasteiger partial charge in [-0.15, -0.1) is 0 Å². The Labute approximate surface area is 155 Å². The zero-order valence-electron chi connectivity index (χ0n) is 14.7. The number of rotatable bonds is 3. The Morgan fingerprint density at radius 2 is 1.81 bits per heavy atom. The van der Waals surface area contributed by atoms with E-state index >= 15 is 0 Å². The van der Waals surface area contributed by atoms with Crippen molar-refractivity contribution in [2.45, 2.75) is 12.8 Å². The van der Waals surface area contributed by atoms with E-state index in [1.165, 1.54) is 6.07 Å². The maximum atomic E-state index is 14.6. The third-order valence-electron chi connectivity index (χ3n) is 5.02. The fraction of sp³-hybridized carbons (Fsp3) is 0.190. The SMILES string of the molecule is Fc1ccccc1-c1ccnc(N2CCCC2)c1-c1nc2ccncc2[nH]1. The number of imidazole rings is 1. The first kappa shape index (κ1) is 15.9. The number of pyridine rings is 2. The fourth-order valence-electron chi connectivity index (χ4n) is 3.73. The van der Waals surface area contributed by atoms with Crippen LogP contribution < -0.4 is 4.90 Å². The van der Waals surface area contributed by atoms with Crippen molar-refractivity contribution in [1.29, 1.82) is 0 Å². The van der Waals surface area contributed by atoms with E-state index in [0.717, 1.165) is 53.9 Å². The highest BCUT2D eigenvalue weighted by atomic mass is 19.1. The second kappa shape index (κ2) is 6.46. The Morgan fingerprint density at radius 1 is 0.963 bits per heavy atom. The molecule has 1 fully saturated rings. The molecule has 6 heteroatoms. The lowest BCUT2D eigenvalue weighted by atomic mass is 9.99. The number of H-pyrrole nitrogens is 1. The average molecular weight is 359 g/mol. The van der Waals surface area contributed by atoms with Gasteiger partial charge in [0.25, 0.3) is 0 Å². The Bertz CT molecular complexity index is 1080. The summed E-state index contributed by atoms with van der Waals surface area (Å²) >= 11 is 0. The van der Waals surface area contributed by atoms with Crippen LogP contribution in [0.4, 0.5) is 10.2 Å². The first-order chi connectivity index (χ1) is 13.3. The van der Waals surface area contributed by atoms with Crippen molar-refractivity contribution >= 4 is 16.9 Å². The van der Waals surface area contributed by atoms with Gasteiger partial charge in [0.1, 0.15) is 17.5 Å². The smallest absolute Gasteiger partial charge is 0.142 e. The normalized spacial score (nSPS) is 14.2. The van der Waals surface area contributed by atoms with Gasteiger partial charge in [-0.3, -0.25) is 4.98 Å². The lowest BCUT2D eigenvalue weighted by molar-refractivity contribution is 0.631. The molecule has 0 amide bonds. The van der Waals surface area contributed by atoms with Crippen LogP contribution in [0.15, 0.2) is 55.0 Å². The van der Waals surface area contributed by atoms with Gasteiger partial charge in [-0.1, -0.05) is 18.2 Å². The van der Waals surface area contributed by atoms with Gasteiger partial charge in [-0.2, -0.15) is 0 Å². The van der Waals surface area contributed by atoms with Crippen LogP contribution in [0.3, 0.4) is 0 Å². The summed E-state index contributed by atoms with van der Waals surface area (Å²) in [5.41, 5.74) is 3.85. The Morgan fingerprint density at radius 3 is 2.63 bits per heavy atom. The number of hydrogen-bond donors (Lipinski definition) is 1. The summed E-state index contributed by atoms with van der Waals surface area (Å²) in [6.07, 6.45) is 7.49. The van der Waals surface area contributed by atoms with Crippen LogP contribution in [0.5, 0.6) is 0 Å². The van der Waals surface area contributed by atoms with Crippen molar-refractivity contribution in [3.8, 4) is 22.5 Å². The fourth-order valence-corrected chi connectivity index (χ4v) is 3.73. The topological polar surface area (TPSA) is 57.7 Å². The van der Waals surface area contributed by atoms with Crippen molar-refractivity contribution in [3.63, 3.8) is 0 Å². The summed E-state index contributed by atoms with van der Waals surface area (Å²) < 4.78 is 14.6. The standard InChI is InChI=1S/C21H18FN5/c22-16-6-2-1-5-14(16)15-7-10-24-21(27-11-3-4-12-27)19(15)20-25-17-8-9-23-13-18(17)26-20/h1-2,5-10,13H,3-4,11-12H2,(H,25,26). The van der Waals surface area contributed by atoms with E-state index in [-0.39, 0.29) is 5.82 Å². The zero-order valence-corrected chi connectivity index (χ0v) is 14.7. The molecule has 0 spiro atoms. The largest absolute Gasteiger partial charge is 0.356 e. The maximum absolute atomic E-state index is 14.6. The number of halogens is 1. The molecule has 0 atom stereocenters. The Hall–Kier alpha value is -3.28. The van der Waals surface area contributed by atoms with E-state index in [2.05, 4.69) is 19.9 Å². The maximum Gasteiger partial charge on any atom is 0.142 e. The Kier molecular flexibility index (Phi) is 3.81. The molecule has 0 unspecified atom stereocenters. The molecule has 1 aliphatic rings. The third-order valence-corrected chi connectivity index (χ3v) is 5.02. The summed E-state index contributed by atoms with van der Waals surface area (Å²) in [4.78, 5) is 19.2. The average Bonchev–Trinajstić information content (AvgIpc) is 3.37. The van der Waals surface area contributed by atoms with Gasteiger partial charge < -0.3 is 9.88 Å². The minimum absolute atomic E-state index is 0.255. The van der Waals surface area contributed by atoms with E-state index in [1.807, 2.05) is 18.2 Å². The van der Waals surface area contributed by atoms with Crippen LogP contribution in [0.1, 0.15) is 12.8 Å². The predicted octanol–water partition coefficient (Wildman–Crippen LogP) is 4.43. The second-order valence-electron chi connectivity index (χ2n) is 6.71. The molecule has 5 nitrogen and oxygen atoms in total. The van der Waals surface area contributed by atoms with Gasteiger partial charge in [0.05, 0.1) is 22.8 Å². The molecular formula is C21H18FN5. The van der Waals surface area contributed by atoms with E-state index in [4.69, 9.17) is 4.98 Å². The van der Waals surface area contributed by atoms with Crippen LogP contribution in [0.2, 0.25) is 0 Å². The summed E-state index contributed by atoms with van der Waals surface area (Å²) in [7, 11) is 0. The molecule has 0 aliphatic carbocycles. The number of benzene rings is 1. The van der Waals surface area contributed by atoms with Gasteiger partial charge in [-0.05, 0) is 31.0 Å². The summed E-state index contributed by atoms with van der Waals surface area (Å²) in [5, 5.41) is 0. The van der Waals surface area contributed by atoms with E-state index in [9.17, 15) is 4.39 Å². The van der Waals surface area contributed by atoms with Gasteiger partial charge in [-0.25, -0.2) is 14.4 Å². The number of nitrogens with one attached hydrogen (secondary N) is 1. The van der Waals surface area contributed by atoms with E-state index < -0.39 is 0 Å². The molecule has 4 aromatic rings. The van der Waals surface area contributed by atoms with Crippen LogP contribution in [-0.4, -0.2) is 33.0 Å². The van der Waals surface area contributed by atoms with E-state index in [1.54, 1.807) is 30.7 Å². The van der Waals surface area contributed by atoms with Crippen LogP contribution in [0.25, 0.3) is 33.5 Å². The third kappa shape index (κ3) is 2.73. The molecule has 1 aromatic carbocycles. The van der Waals surface area contributed by atoms with Crippen molar-refractivity contribution in [2.24, 2.45) is 0 Å². The summed E-state index contributed by atoms with van der Waals surface area (Å²) in [6.45, 7) is 1.89.